The minimum Gasteiger partial charge on any atom is -0.495 e. The fourth-order valence-corrected chi connectivity index (χ4v) is 2.46. The second-order valence-electron chi connectivity index (χ2n) is 4.62. The first-order valence-corrected chi connectivity index (χ1v) is 6.87. The molecule has 1 aliphatic carbocycles. The molecule has 0 heterocycles. The fraction of sp³-hybridized carbons (Fsp3) is 0.333. The number of rotatable bonds is 4. The second kappa shape index (κ2) is 6.63. The van der Waals surface area contributed by atoms with Crippen LogP contribution < -0.4 is 10.1 Å². The van der Waals surface area contributed by atoms with Crippen LogP contribution in [0, 0.1) is 5.92 Å². The lowest BCUT2D eigenvalue weighted by molar-refractivity contribution is -0.119. The molecule has 0 unspecified atom stereocenters. The molecule has 6 heteroatoms. The number of benzene rings is 1. The molecule has 0 saturated heterocycles. The van der Waals surface area contributed by atoms with Gasteiger partial charge in [0.05, 0.1) is 25.5 Å². The SMILES string of the molecule is COC(=O)c1ccc(OC)c(Cl)c1NC(=O)C1CC=CC1. The topological polar surface area (TPSA) is 64.6 Å². The van der Waals surface area contributed by atoms with Crippen molar-refractivity contribution in [2.75, 3.05) is 19.5 Å². The highest BCUT2D eigenvalue weighted by molar-refractivity contribution is 6.36. The molecule has 1 aromatic rings. The molecule has 0 aromatic heterocycles. The predicted molar refractivity (Wildman–Crippen MR) is 79.8 cm³/mol. The van der Waals surface area contributed by atoms with Crippen LogP contribution in [0.1, 0.15) is 23.2 Å². The van der Waals surface area contributed by atoms with Crippen molar-refractivity contribution in [2.24, 2.45) is 5.92 Å². The minimum absolute atomic E-state index is 0.141. The average molecular weight is 310 g/mol. The summed E-state index contributed by atoms with van der Waals surface area (Å²) in [5.74, 6) is -0.512. The molecule has 0 saturated carbocycles. The monoisotopic (exact) mass is 309 g/mol. The normalized spacial score (nSPS) is 14.0. The molecule has 5 nitrogen and oxygen atoms in total. The van der Waals surface area contributed by atoms with Gasteiger partial charge in [-0.1, -0.05) is 23.8 Å². The van der Waals surface area contributed by atoms with Crippen molar-refractivity contribution in [3.8, 4) is 5.75 Å². The van der Waals surface area contributed by atoms with E-state index in [1.165, 1.54) is 20.3 Å². The van der Waals surface area contributed by atoms with E-state index in [1.54, 1.807) is 6.07 Å². The Morgan fingerprint density at radius 1 is 1.24 bits per heavy atom. The van der Waals surface area contributed by atoms with Crippen molar-refractivity contribution in [3.63, 3.8) is 0 Å². The maximum Gasteiger partial charge on any atom is 0.340 e. The molecule has 0 radical (unpaired) electrons. The van der Waals surface area contributed by atoms with E-state index in [1.807, 2.05) is 12.2 Å². The number of hydrogen-bond acceptors (Lipinski definition) is 4. The maximum absolute atomic E-state index is 12.2. The van der Waals surface area contributed by atoms with Gasteiger partial charge in [-0.25, -0.2) is 4.79 Å². The van der Waals surface area contributed by atoms with Crippen molar-refractivity contribution in [1.82, 2.24) is 0 Å². The maximum atomic E-state index is 12.2. The van der Waals surface area contributed by atoms with Crippen LogP contribution in [0.4, 0.5) is 5.69 Å². The number of methoxy groups -OCH3 is 2. The molecule has 2 rings (SSSR count). The van der Waals surface area contributed by atoms with Crippen LogP contribution >= 0.6 is 11.6 Å². The summed E-state index contributed by atoms with van der Waals surface area (Å²) in [6, 6.07) is 3.07. The molecule has 0 fully saturated rings. The van der Waals surface area contributed by atoms with Crippen LogP contribution in [0.2, 0.25) is 5.02 Å². The number of ether oxygens (including phenoxy) is 2. The number of allylic oxidation sites excluding steroid dienone is 2. The molecule has 1 aromatic carbocycles. The predicted octanol–water partition coefficient (Wildman–Crippen LogP) is 3.04. The first-order valence-electron chi connectivity index (χ1n) is 6.49. The van der Waals surface area contributed by atoms with Gasteiger partial charge in [0, 0.05) is 5.92 Å². The Kier molecular flexibility index (Phi) is 4.85. The number of carbonyl (C=O) groups is 2. The van der Waals surface area contributed by atoms with Gasteiger partial charge in [-0.15, -0.1) is 0 Å². The summed E-state index contributed by atoms with van der Waals surface area (Å²) in [5.41, 5.74) is 0.419. The summed E-state index contributed by atoms with van der Waals surface area (Å²) < 4.78 is 9.82. The van der Waals surface area contributed by atoms with Gasteiger partial charge in [-0.05, 0) is 25.0 Å². The molecule has 1 aliphatic rings. The van der Waals surface area contributed by atoms with Crippen molar-refractivity contribution >= 4 is 29.2 Å². The van der Waals surface area contributed by atoms with Gasteiger partial charge in [0.25, 0.3) is 0 Å². The Bertz CT molecular complexity index is 590. The third-order valence-electron chi connectivity index (χ3n) is 3.36. The third kappa shape index (κ3) is 3.19. The van der Waals surface area contributed by atoms with Crippen molar-refractivity contribution in [3.05, 3.63) is 34.9 Å². The number of halogens is 1. The number of hydrogen-bond donors (Lipinski definition) is 1. The number of amides is 1. The summed E-state index contributed by atoms with van der Waals surface area (Å²) in [7, 11) is 2.73. The lowest BCUT2D eigenvalue weighted by Crippen LogP contribution is -2.22. The van der Waals surface area contributed by atoms with Gasteiger partial charge in [-0.2, -0.15) is 0 Å². The molecular weight excluding hydrogens is 294 g/mol. The molecule has 21 heavy (non-hydrogen) atoms. The zero-order valence-corrected chi connectivity index (χ0v) is 12.6. The van der Waals surface area contributed by atoms with Crippen molar-refractivity contribution < 1.29 is 19.1 Å². The lowest BCUT2D eigenvalue weighted by atomic mass is 10.1. The van der Waals surface area contributed by atoms with Crippen LogP contribution in [-0.2, 0) is 9.53 Å². The standard InChI is InChI=1S/C15H16ClNO4/c1-20-11-8-7-10(15(19)21-2)13(12(11)16)17-14(18)9-5-3-4-6-9/h3-4,7-9H,5-6H2,1-2H3,(H,17,18). The Labute approximate surface area is 127 Å². The number of anilines is 1. The van der Waals surface area contributed by atoms with E-state index in [9.17, 15) is 9.59 Å². The van der Waals surface area contributed by atoms with Gasteiger partial charge >= 0.3 is 5.97 Å². The van der Waals surface area contributed by atoms with E-state index >= 15 is 0 Å². The highest BCUT2D eigenvalue weighted by atomic mass is 35.5. The average Bonchev–Trinajstić information content (AvgIpc) is 3.02. The third-order valence-corrected chi connectivity index (χ3v) is 3.73. The molecule has 1 amide bonds. The zero-order valence-electron chi connectivity index (χ0n) is 11.8. The smallest absolute Gasteiger partial charge is 0.340 e. The van der Waals surface area contributed by atoms with Crippen LogP contribution in [0.15, 0.2) is 24.3 Å². The highest BCUT2D eigenvalue weighted by Gasteiger charge is 2.24. The van der Waals surface area contributed by atoms with Crippen LogP contribution in [0.5, 0.6) is 5.75 Å². The van der Waals surface area contributed by atoms with E-state index in [0.29, 0.717) is 18.6 Å². The van der Waals surface area contributed by atoms with Gasteiger partial charge in [0.2, 0.25) is 5.91 Å². The summed E-state index contributed by atoms with van der Waals surface area (Å²) in [6.07, 6.45) is 5.28. The largest absolute Gasteiger partial charge is 0.495 e. The molecule has 1 N–H and O–H groups in total. The summed E-state index contributed by atoms with van der Waals surface area (Å²) in [4.78, 5) is 24.0. The van der Waals surface area contributed by atoms with Crippen LogP contribution in [0.25, 0.3) is 0 Å². The molecule has 0 aliphatic heterocycles. The Morgan fingerprint density at radius 3 is 2.48 bits per heavy atom. The highest BCUT2D eigenvalue weighted by Crippen LogP contribution is 2.36. The first kappa shape index (κ1) is 15.4. The fourth-order valence-electron chi connectivity index (χ4n) is 2.17. The van der Waals surface area contributed by atoms with E-state index in [2.05, 4.69) is 5.32 Å². The molecular formula is C15H16ClNO4. The Balaban J connectivity index is 2.34. The van der Waals surface area contributed by atoms with Crippen LogP contribution in [-0.4, -0.2) is 26.1 Å². The van der Waals surface area contributed by atoms with Crippen LogP contribution in [0.3, 0.4) is 0 Å². The zero-order chi connectivity index (χ0) is 15.4. The number of esters is 1. The summed E-state index contributed by atoms with van der Waals surface area (Å²) in [6.45, 7) is 0. The van der Waals surface area contributed by atoms with E-state index < -0.39 is 5.97 Å². The van der Waals surface area contributed by atoms with Gasteiger partial charge in [0.15, 0.2) is 0 Å². The summed E-state index contributed by atoms with van der Waals surface area (Å²) in [5, 5.41) is 2.90. The first-order chi connectivity index (χ1) is 10.1. The van der Waals surface area contributed by atoms with Gasteiger partial charge in [0.1, 0.15) is 10.8 Å². The van der Waals surface area contributed by atoms with E-state index in [0.717, 1.165) is 0 Å². The van der Waals surface area contributed by atoms with Gasteiger partial charge in [-0.3, -0.25) is 4.79 Å². The van der Waals surface area contributed by atoms with Gasteiger partial charge < -0.3 is 14.8 Å². The van der Waals surface area contributed by atoms with E-state index in [4.69, 9.17) is 21.1 Å². The Morgan fingerprint density at radius 2 is 1.90 bits per heavy atom. The quantitative estimate of drug-likeness (QED) is 0.686. The molecule has 112 valence electrons. The summed E-state index contributed by atoms with van der Waals surface area (Å²) >= 11 is 6.20. The number of carbonyl (C=O) groups excluding carboxylic acids is 2. The number of nitrogens with one attached hydrogen (secondary N) is 1. The molecule has 0 bridgehead atoms. The molecule has 0 atom stereocenters. The van der Waals surface area contributed by atoms with Crippen molar-refractivity contribution in [1.29, 1.82) is 0 Å². The second-order valence-corrected chi connectivity index (χ2v) is 5.00. The Hall–Kier alpha value is -2.01. The lowest BCUT2D eigenvalue weighted by Gasteiger charge is -2.16. The minimum atomic E-state index is -0.570. The van der Waals surface area contributed by atoms with E-state index in [-0.39, 0.29) is 28.1 Å². The van der Waals surface area contributed by atoms with Crippen molar-refractivity contribution in [2.45, 2.75) is 12.8 Å². The molecule has 0 spiro atoms.